The molecule has 0 radical (unpaired) electrons. The largest absolute Gasteiger partial charge is 0.381 e. The molecule has 0 amide bonds. The van der Waals surface area contributed by atoms with E-state index in [9.17, 15) is 10.1 Å². The summed E-state index contributed by atoms with van der Waals surface area (Å²) in [7, 11) is 0. The van der Waals surface area contributed by atoms with Crippen LogP contribution in [-0.2, 0) is 4.74 Å². The second-order valence-electron chi connectivity index (χ2n) is 8.49. The van der Waals surface area contributed by atoms with Gasteiger partial charge < -0.3 is 10.1 Å². The van der Waals surface area contributed by atoms with Gasteiger partial charge in [0.25, 0.3) is 0 Å². The summed E-state index contributed by atoms with van der Waals surface area (Å²) in [4.78, 5) is 14.1. The number of nitrogens with one attached hydrogen (secondary N) is 1. The third kappa shape index (κ3) is 3.93. The van der Waals surface area contributed by atoms with Crippen molar-refractivity contribution in [2.24, 2.45) is 5.41 Å². The van der Waals surface area contributed by atoms with E-state index in [2.05, 4.69) is 21.6 Å². The lowest BCUT2D eigenvalue weighted by Gasteiger charge is -2.31. The third-order valence-corrected chi connectivity index (χ3v) is 7.54. The molecule has 0 spiro atoms. The maximum absolute atomic E-state index is 13.3. The average Bonchev–Trinajstić information content (AvgIpc) is 3.22. The van der Waals surface area contributed by atoms with Crippen LogP contribution in [0.5, 0.6) is 0 Å². The molecule has 160 valence electrons. The fourth-order valence-corrected chi connectivity index (χ4v) is 5.34. The van der Waals surface area contributed by atoms with Gasteiger partial charge in [0.15, 0.2) is 11.6 Å². The molecule has 4 rings (SSSR count). The van der Waals surface area contributed by atoms with Crippen molar-refractivity contribution in [3.05, 3.63) is 51.5 Å². The first-order chi connectivity index (χ1) is 14.8. The number of Topliss-reactive ketones (excluding diaryl/α,β-unsaturated/α-hetero) is 1. The number of thiophene rings is 1. The van der Waals surface area contributed by atoms with E-state index in [0.717, 1.165) is 44.6 Å². The Labute approximate surface area is 186 Å². The van der Waals surface area contributed by atoms with Crippen LogP contribution in [0.15, 0.2) is 24.3 Å². The van der Waals surface area contributed by atoms with Gasteiger partial charge in [-0.05, 0) is 56.9 Å². The van der Waals surface area contributed by atoms with Crippen molar-refractivity contribution in [3.63, 3.8) is 0 Å². The summed E-state index contributed by atoms with van der Waals surface area (Å²) in [6.07, 6.45) is 1.48. The quantitative estimate of drug-likeness (QED) is 0.545. The van der Waals surface area contributed by atoms with Gasteiger partial charge in [-0.3, -0.25) is 4.79 Å². The fourth-order valence-electron chi connectivity index (χ4n) is 4.15. The molecule has 1 fully saturated rings. The van der Waals surface area contributed by atoms with Gasteiger partial charge in [-0.15, -0.1) is 16.4 Å². The second-order valence-corrected chi connectivity index (χ2v) is 9.54. The van der Waals surface area contributed by atoms with Gasteiger partial charge in [0.2, 0.25) is 0 Å². The number of hydrogen-bond acceptors (Lipinski definition) is 7. The zero-order chi connectivity index (χ0) is 22.2. The number of carbonyl (C=O) groups is 1. The maximum atomic E-state index is 13.3. The van der Waals surface area contributed by atoms with Crippen LogP contribution in [0.25, 0.3) is 10.1 Å². The zero-order valence-electron chi connectivity index (χ0n) is 18.3. The number of anilines is 1. The highest BCUT2D eigenvalue weighted by molar-refractivity contribution is 7.21. The van der Waals surface area contributed by atoms with Crippen molar-refractivity contribution in [1.29, 1.82) is 5.26 Å². The normalized spacial score (nSPS) is 16.6. The molecule has 0 unspecified atom stereocenters. The Bertz CT molecular complexity index is 1190. The minimum Gasteiger partial charge on any atom is -0.381 e. The molecule has 1 saturated heterocycles. The first-order valence-corrected chi connectivity index (χ1v) is 11.3. The molecular formula is C24H26N4O2S. The van der Waals surface area contributed by atoms with Crippen LogP contribution in [-0.4, -0.2) is 29.2 Å². The van der Waals surface area contributed by atoms with E-state index in [1.807, 2.05) is 52.0 Å². The zero-order valence-corrected chi connectivity index (χ0v) is 19.1. The highest BCUT2D eigenvalue weighted by atomic mass is 32.1. The molecule has 1 aliphatic rings. The van der Waals surface area contributed by atoms with Crippen LogP contribution >= 0.6 is 11.3 Å². The number of aromatic nitrogens is 2. The summed E-state index contributed by atoms with van der Waals surface area (Å²) in [5.41, 5.74) is 3.09. The van der Waals surface area contributed by atoms with Crippen LogP contribution in [0.2, 0.25) is 0 Å². The Morgan fingerprint density at radius 2 is 2.03 bits per heavy atom. The summed E-state index contributed by atoms with van der Waals surface area (Å²) >= 11 is 1.49. The van der Waals surface area contributed by atoms with E-state index in [0.29, 0.717) is 24.6 Å². The molecular weight excluding hydrogens is 408 g/mol. The molecule has 0 bridgehead atoms. The summed E-state index contributed by atoms with van der Waals surface area (Å²) in [5, 5.41) is 22.4. The highest BCUT2D eigenvalue weighted by Gasteiger charge is 2.36. The number of nitriles is 1. The van der Waals surface area contributed by atoms with E-state index in [-0.39, 0.29) is 17.2 Å². The predicted octanol–water partition coefficient (Wildman–Crippen LogP) is 5.35. The molecule has 3 heterocycles. The van der Waals surface area contributed by atoms with Crippen molar-refractivity contribution in [3.8, 4) is 6.07 Å². The average molecular weight is 435 g/mol. The summed E-state index contributed by atoms with van der Waals surface area (Å²) < 4.78 is 6.44. The van der Waals surface area contributed by atoms with Gasteiger partial charge >= 0.3 is 0 Å². The molecule has 1 aliphatic heterocycles. The molecule has 0 aliphatic carbocycles. The third-order valence-electron chi connectivity index (χ3n) is 6.30. The molecule has 31 heavy (non-hydrogen) atoms. The van der Waals surface area contributed by atoms with Crippen molar-refractivity contribution < 1.29 is 9.53 Å². The van der Waals surface area contributed by atoms with Crippen LogP contribution in [0.3, 0.4) is 0 Å². The summed E-state index contributed by atoms with van der Waals surface area (Å²) in [6.45, 7) is 9.21. The molecule has 0 saturated carbocycles. The van der Waals surface area contributed by atoms with Crippen LogP contribution in [0, 0.1) is 30.6 Å². The standard InChI is InChI=1S/C24H26N4O2S/c1-14-17(13-25)6-5-7-18(14)15(2)26-23-19-12-20(31-21(19)16(3)27-28-23)22(29)24(4)8-10-30-11-9-24/h5-7,12,15H,8-11H2,1-4H3,(H,26,28)/t15-/m1/s1. The van der Waals surface area contributed by atoms with E-state index >= 15 is 0 Å². The maximum Gasteiger partial charge on any atom is 0.178 e. The van der Waals surface area contributed by atoms with Crippen molar-refractivity contribution in [2.75, 3.05) is 18.5 Å². The molecule has 1 N–H and O–H groups in total. The lowest BCUT2D eigenvalue weighted by molar-refractivity contribution is 0.0238. The molecule has 1 aromatic carbocycles. The lowest BCUT2D eigenvalue weighted by atomic mass is 9.78. The Kier molecular flexibility index (Phi) is 5.78. The molecule has 2 aromatic heterocycles. The number of ether oxygens (including phenoxy) is 1. The van der Waals surface area contributed by atoms with Gasteiger partial charge in [0.1, 0.15) is 0 Å². The Morgan fingerprint density at radius 1 is 1.29 bits per heavy atom. The molecule has 6 nitrogen and oxygen atoms in total. The number of nitrogens with zero attached hydrogens (tertiary/aromatic N) is 3. The number of rotatable bonds is 5. The summed E-state index contributed by atoms with van der Waals surface area (Å²) in [5.74, 6) is 0.829. The van der Waals surface area contributed by atoms with Gasteiger partial charge in [-0.25, -0.2) is 0 Å². The molecule has 7 heteroatoms. The van der Waals surface area contributed by atoms with E-state index in [4.69, 9.17) is 4.74 Å². The predicted molar refractivity (Wildman–Crippen MR) is 123 cm³/mol. The number of hydrogen-bond donors (Lipinski definition) is 1. The van der Waals surface area contributed by atoms with Gasteiger partial charge in [-0.2, -0.15) is 10.4 Å². The van der Waals surface area contributed by atoms with E-state index in [1.54, 1.807) is 0 Å². The van der Waals surface area contributed by atoms with Crippen molar-refractivity contribution in [1.82, 2.24) is 10.2 Å². The van der Waals surface area contributed by atoms with Crippen molar-refractivity contribution in [2.45, 2.75) is 46.6 Å². The van der Waals surface area contributed by atoms with Crippen LogP contribution in [0.4, 0.5) is 5.82 Å². The van der Waals surface area contributed by atoms with Gasteiger partial charge in [-0.1, -0.05) is 19.1 Å². The summed E-state index contributed by atoms with van der Waals surface area (Å²) in [6, 6.07) is 9.86. The minimum absolute atomic E-state index is 0.0689. The van der Waals surface area contributed by atoms with Gasteiger partial charge in [0, 0.05) is 24.0 Å². The van der Waals surface area contributed by atoms with E-state index < -0.39 is 0 Å². The smallest absolute Gasteiger partial charge is 0.178 e. The Morgan fingerprint density at radius 3 is 2.74 bits per heavy atom. The first kappa shape index (κ1) is 21.4. The number of ketones is 1. The van der Waals surface area contributed by atoms with Crippen molar-refractivity contribution >= 4 is 33.0 Å². The van der Waals surface area contributed by atoms with Crippen LogP contribution in [0.1, 0.15) is 64.8 Å². The monoisotopic (exact) mass is 434 g/mol. The number of fused-ring (bicyclic) bond motifs is 1. The van der Waals surface area contributed by atoms with Crippen LogP contribution < -0.4 is 5.32 Å². The number of carbonyl (C=O) groups excluding carboxylic acids is 1. The van der Waals surface area contributed by atoms with Gasteiger partial charge in [0.05, 0.1) is 32.9 Å². The minimum atomic E-state index is -0.385. The van der Waals surface area contributed by atoms with E-state index in [1.165, 1.54) is 11.3 Å². The topological polar surface area (TPSA) is 87.9 Å². The number of aryl methyl sites for hydroxylation is 1. The fraction of sp³-hybridized carbons (Fsp3) is 0.417. The highest BCUT2D eigenvalue weighted by Crippen LogP contribution is 2.39. The Hall–Kier alpha value is -2.82. The second kappa shape index (κ2) is 8.37. The molecule has 1 atom stereocenters. The SMILES string of the molecule is Cc1c(C#N)cccc1[C@@H](C)Nc1nnc(C)c2sc(C(=O)C3(C)CCOCC3)cc12. The molecule has 3 aromatic rings. The first-order valence-electron chi connectivity index (χ1n) is 10.5. The Balaban J connectivity index is 1.69. The lowest BCUT2D eigenvalue weighted by Crippen LogP contribution is -2.34. The number of benzene rings is 1.